The van der Waals surface area contributed by atoms with Crippen molar-refractivity contribution in [3.8, 4) is 0 Å². The minimum atomic E-state index is 0.315. The average Bonchev–Trinajstić information content (AvgIpc) is 3.20. The van der Waals surface area contributed by atoms with E-state index in [9.17, 15) is 0 Å². The lowest BCUT2D eigenvalue weighted by Gasteiger charge is -2.29. The molecule has 5 nitrogen and oxygen atoms in total. The van der Waals surface area contributed by atoms with Gasteiger partial charge in [0.1, 0.15) is 5.82 Å². The zero-order valence-electron chi connectivity index (χ0n) is 17.3. The number of fused-ring (bicyclic) bond motifs is 3. The lowest BCUT2D eigenvalue weighted by atomic mass is 9.90. The Labute approximate surface area is 167 Å². The summed E-state index contributed by atoms with van der Waals surface area (Å²) in [4.78, 5) is 7.48. The van der Waals surface area contributed by atoms with Crippen LogP contribution in [0.3, 0.4) is 0 Å². The van der Waals surface area contributed by atoms with Crippen LogP contribution in [-0.4, -0.2) is 27.2 Å². The van der Waals surface area contributed by atoms with Crippen LogP contribution in [0.5, 0.6) is 0 Å². The molecule has 0 saturated carbocycles. The molecule has 1 fully saturated rings. The van der Waals surface area contributed by atoms with Crippen LogP contribution >= 0.6 is 0 Å². The summed E-state index contributed by atoms with van der Waals surface area (Å²) in [6, 6.07) is 2.39. The van der Waals surface area contributed by atoms with E-state index in [1.807, 2.05) is 10.7 Å². The Bertz CT molecular complexity index is 965. The minimum absolute atomic E-state index is 0.315. The first-order valence-corrected chi connectivity index (χ1v) is 10.4. The van der Waals surface area contributed by atoms with E-state index < -0.39 is 0 Å². The van der Waals surface area contributed by atoms with Crippen LogP contribution in [0, 0.1) is 5.92 Å². The van der Waals surface area contributed by atoms with Gasteiger partial charge in [0.05, 0.1) is 6.04 Å². The van der Waals surface area contributed by atoms with E-state index in [4.69, 9.17) is 10.7 Å². The molecular weight excluding hydrogens is 346 g/mol. The summed E-state index contributed by atoms with van der Waals surface area (Å²) in [6.07, 6.45) is 11.7. The van der Waals surface area contributed by atoms with E-state index >= 15 is 0 Å². The van der Waals surface area contributed by atoms with Crippen LogP contribution in [0.2, 0.25) is 0 Å². The number of anilines is 2. The summed E-state index contributed by atoms with van der Waals surface area (Å²) in [5.41, 5.74) is 12.1. The summed E-state index contributed by atoms with van der Waals surface area (Å²) in [5.74, 6) is 2.24. The van der Waals surface area contributed by atoms with Gasteiger partial charge in [0.25, 0.3) is 0 Å². The standard InChI is InChI=1S/C23H31N5/c1-5-15(2)12-19-17(4)8-6-7-9-18-22(24)26-28-11-10-21(25-23(18)28)27-14-16(3)13-20(19)27/h5,10-12,16,20H,4,6-9,13-14H2,1-3H3,(H2,24,26)/b15-5-,19-12+. The maximum Gasteiger partial charge on any atom is 0.162 e. The largest absolute Gasteiger partial charge is 0.382 e. The molecule has 5 heteroatoms. The number of hydrogen-bond acceptors (Lipinski definition) is 4. The number of allylic oxidation sites excluding steroid dienone is 3. The van der Waals surface area contributed by atoms with Gasteiger partial charge >= 0.3 is 0 Å². The van der Waals surface area contributed by atoms with Gasteiger partial charge in [0.2, 0.25) is 0 Å². The number of rotatable bonds is 1. The fraction of sp³-hybridized carbons (Fsp3) is 0.478. The number of nitrogen functional groups attached to an aromatic ring is 1. The topological polar surface area (TPSA) is 59.4 Å². The summed E-state index contributed by atoms with van der Waals surface area (Å²) < 4.78 is 1.83. The molecule has 4 heterocycles. The SMILES string of the molecule is C=C1CCCCc2c(N)nn3ccc(nc23)N2CC(C)CC2/C1=C/C(C)=C\C. The van der Waals surface area contributed by atoms with E-state index in [-0.39, 0.29) is 0 Å². The third kappa shape index (κ3) is 3.34. The highest BCUT2D eigenvalue weighted by Gasteiger charge is 2.34. The van der Waals surface area contributed by atoms with E-state index in [0.29, 0.717) is 17.8 Å². The molecule has 1 saturated heterocycles. The van der Waals surface area contributed by atoms with Crippen molar-refractivity contribution < 1.29 is 0 Å². The van der Waals surface area contributed by atoms with Crippen molar-refractivity contribution in [2.45, 2.75) is 58.9 Å². The fourth-order valence-electron chi connectivity index (χ4n) is 4.52. The Balaban J connectivity index is 1.87. The van der Waals surface area contributed by atoms with Crippen molar-refractivity contribution in [1.29, 1.82) is 0 Å². The van der Waals surface area contributed by atoms with Crippen LogP contribution in [0.1, 0.15) is 52.0 Å². The molecule has 148 valence electrons. The zero-order valence-corrected chi connectivity index (χ0v) is 17.3. The van der Waals surface area contributed by atoms with Gasteiger partial charge in [-0.15, -0.1) is 5.10 Å². The van der Waals surface area contributed by atoms with Crippen molar-refractivity contribution in [2.24, 2.45) is 5.92 Å². The van der Waals surface area contributed by atoms with Gasteiger partial charge in [0, 0.05) is 18.3 Å². The van der Waals surface area contributed by atoms with E-state index in [1.54, 1.807) is 0 Å². The normalized spacial score (nSPS) is 25.2. The first-order valence-electron chi connectivity index (χ1n) is 10.4. The smallest absolute Gasteiger partial charge is 0.162 e. The predicted molar refractivity (Wildman–Crippen MR) is 117 cm³/mol. The molecule has 2 unspecified atom stereocenters. The summed E-state index contributed by atoms with van der Waals surface area (Å²) in [6.45, 7) is 12.1. The number of aromatic nitrogens is 3. The van der Waals surface area contributed by atoms with Crippen molar-refractivity contribution in [3.63, 3.8) is 0 Å². The van der Waals surface area contributed by atoms with Crippen LogP contribution in [0.15, 0.2) is 47.7 Å². The van der Waals surface area contributed by atoms with Crippen molar-refractivity contribution in [3.05, 3.63) is 53.3 Å². The molecule has 4 rings (SSSR count). The molecule has 2 aromatic rings. The number of nitrogens with zero attached hydrogens (tertiary/aromatic N) is 4. The lowest BCUT2D eigenvalue weighted by Crippen LogP contribution is -2.32. The highest BCUT2D eigenvalue weighted by molar-refractivity contribution is 5.63. The molecule has 2 aromatic heterocycles. The minimum Gasteiger partial charge on any atom is -0.382 e. The second-order valence-electron chi connectivity index (χ2n) is 8.37. The van der Waals surface area contributed by atoms with E-state index in [0.717, 1.165) is 55.7 Å². The Kier molecular flexibility index (Phi) is 5.00. The molecule has 2 N–H and O–H groups in total. The first-order chi connectivity index (χ1) is 13.5. The fourth-order valence-corrected chi connectivity index (χ4v) is 4.52. The maximum absolute atomic E-state index is 6.20. The van der Waals surface area contributed by atoms with Gasteiger partial charge in [0.15, 0.2) is 11.5 Å². The molecule has 0 spiro atoms. The summed E-state index contributed by atoms with van der Waals surface area (Å²) in [5, 5.41) is 4.47. The summed E-state index contributed by atoms with van der Waals surface area (Å²) >= 11 is 0. The zero-order chi connectivity index (χ0) is 19.8. The van der Waals surface area contributed by atoms with Gasteiger partial charge in [-0.3, -0.25) is 0 Å². The van der Waals surface area contributed by atoms with Gasteiger partial charge in [-0.1, -0.05) is 31.2 Å². The van der Waals surface area contributed by atoms with Crippen molar-refractivity contribution in [2.75, 3.05) is 17.2 Å². The molecule has 0 radical (unpaired) electrons. The van der Waals surface area contributed by atoms with Crippen molar-refractivity contribution >= 4 is 17.3 Å². The Morgan fingerprint density at radius 1 is 1.32 bits per heavy atom. The highest BCUT2D eigenvalue weighted by atomic mass is 15.3. The molecule has 2 bridgehead atoms. The van der Waals surface area contributed by atoms with Crippen LogP contribution in [0.25, 0.3) is 5.65 Å². The van der Waals surface area contributed by atoms with E-state index in [1.165, 1.54) is 16.7 Å². The molecular formula is C23H31N5. The number of nitrogens with two attached hydrogens (primary N) is 1. The predicted octanol–water partition coefficient (Wildman–Crippen LogP) is 4.70. The summed E-state index contributed by atoms with van der Waals surface area (Å²) in [7, 11) is 0. The molecule has 2 aliphatic rings. The highest BCUT2D eigenvalue weighted by Crippen LogP contribution is 2.37. The van der Waals surface area contributed by atoms with Crippen LogP contribution < -0.4 is 10.6 Å². The maximum atomic E-state index is 6.20. The van der Waals surface area contributed by atoms with Crippen LogP contribution in [-0.2, 0) is 6.42 Å². The molecule has 0 aliphatic carbocycles. The van der Waals surface area contributed by atoms with Gasteiger partial charge < -0.3 is 10.6 Å². The molecule has 0 amide bonds. The average molecular weight is 378 g/mol. The molecule has 2 atom stereocenters. The third-order valence-corrected chi connectivity index (χ3v) is 6.16. The molecule has 28 heavy (non-hydrogen) atoms. The van der Waals surface area contributed by atoms with Crippen LogP contribution in [0.4, 0.5) is 11.6 Å². The van der Waals surface area contributed by atoms with Gasteiger partial charge in [-0.2, -0.15) is 0 Å². The van der Waals surface area contributed by atoms with Gasteiger partial charge in [-0.25, -0.2) is 9.50 Å². The van der Waals surface area contributed by atoms with Gasteiger partial charge in [-0.05, 0) is 69.1 Å². The monoisotopic (exact) mass is 377 g/mol. The quantitative estimate of drug-likeness (QED) is 0.782. The first kappa shape index (κ1) is 18.8. The van der Waals surface area contributed by atoms with Crippen molar-refractivity contribution in [1.82, 2.24) is 14.6 Å². The second-order valence-corrected chi connectivity index (χ2v) is 8.37. The Hall–Kier alpha value is -2.56. The Morgan fingerprint density at radius 2 is 2.11 bits per heavy atom. The lowest BCUT2D eigenvalue weighted by molar-refractivity contribution is 0.630. The molecule has 0 aromatic carbocycles. The number of aryl methyl sites for hydroxylation is 1. The Morgan fingerprint density at radius 3 is 2.89 bits per heavy atom. The second kappa shape index (κ2) is 7.46. The number of hydrogen-bond donors (Lipinski definition) is 1. The molecule has 2 aliphatic heterocycles. The van der Waals surface area contributed by atoms with E-state index in [2.05, 4.69) is 55.6 Å². The third-order valence-electron chi connectivity index (χ3n) is 6.16.